The summed E-state index contributed by atoms with van der Waals surface area (Å²) in [6, 6.07) is 5.98. The maximum atomic E-state index is 13.3. The van der Waals surface area contributed by atoms with Gasteiger partial charge in [-0.3, -0.25) is 9.48 Å². The molecule has 1 spiro atoms. The fourth-order valence-corrected chi connectivity index (χ4v) is 5.95. The number of aromatic carboxylic acids is 1. The number of piperazine rings is 1. The molecule has 1 aromatic carbocycles. The van der Waals surface area contributed by atoms with Crippen molar-refractivity contribution in [2.45, 2.75) is 50.6 Å². The Morgan fingerprint density at radius 2 is 2.10 bits per heavy atom. The van der Waals surface area contributed by atoms with E-state index in [-0.39, 0.29) is 23.7 Å². The molecule has 6 rings (SSSR count). The first-order valence-corrected chi connectivity index (χ1v) is 11.4. The van der Waals surface area contributed by atoms with Crippen LogP contribution in [0.2, 0.25) is 5.02 Å². The number of fused-ring (bicyclic) bond motifs is 3. The van der Waals surface area contributed by atoms with Crippen molar-refractivity contribution < 1.29 is 14.7 Å². The van der Waals surface area contributed by atoms with Gasteiger partial charge in [0.2, 0.25) is 5.91 Å². The number of amides is 1. The fraction of sp³-hybridized carbons (Fsp3) is 0.522. The molecule has 7 nitrogen and oxygen atoms in total. The number of carboxylic acid groups (broad SMARTS) is 1. The Labute approximate surface area is 185 Å². The fourth-order valence-electron chi connectivity index (χ4n) is 5.78. The Morgan fingerprint density at radius 1 is 1.29 bits per heavy atom. The Bertz CT molecular complexity index is 1120. The standard InChI is InChI=1S/C23H25ClN4O3/c1-13-16(24)3-2-4-17(13)26-7-8-27(23(12-26)5-6-23)19(29)11-28-18-10-14-9-15(14)20(18)21(25-28)22(30)31/h2-4,14-15H,5-12H2,1H3,(H,30,31)/t14?,15-/m1/s1. The van der Waals surface area contributed by atoms with Gasteiger partial charge in [-0.15, -0.1) is 0 Å². The molecular formula is C23H25ClN4O3. The van der Waals surface area contributed by atoms with Crippen LogP contribution >= 0.6 is 11.6 Å². The first kappa shape index (κ1) is 19.2. The molecule has 2 atom stereocenters. The normalized spacial score (nSPS) is 24.8. The Morgan fingerprint density at radius 3 is 2.84 bits per heavy atom. The number of anilines is 1. The quantitative estimate of drug-likeness (QED) is 0.790. The lowest BCUT2D eigenvalue weighted by Gasteiger charge is -2.43. The number of carboxylic acids is 1. The lowest BCUT2D eigenvalue weighted by molar-refractivity contribution is -0.135. The molecule has 3 fully saturated rings. The van der Waals surface area contributed by atoms with Crippen molar-refractivity contribution >= 4 is 29.2 Å². The zero-order valence-electron chi connectivity index (χ0n) is 17.5. The molecule has 31 heavy (non-hydrogen) atoms. The number of benzene rings is 1. The molecule has 1 amide bonds. The van der Waals surface area contributed by atoms with Gasteiger partial charge >= 0.3 is 5.97 Å². The summed E-state index contributed by atoms with van der Waals surface area (Å²) in [6.07, 6.45) is 3.90. The number of nitrogens with zero attached hydrogens (tertiary/aromatic N) is 4. The number of aromatic nitrogens is 2. The van der Waals surface area contributed by atoms with E-state index in [0.29, 0.717) is 18.4 Å². The van der Waals surface area contributed by atoms with Gasteiger partial charge in [0.25, 0.3) is 0 Å². The minimum absolute atomic E-state index is 0.0442. The second kappa shape index (κ2) is 6.48. The average molecular weight is 441 g/mol. The van der Waals surface area contributed by atoms with Crippen molar-refractivity contribution in [3.05, 3.63) is 45.7 Å². The van der Waals surface area contributed by atoms with Crippen LogP contribution in [0.3, 0.4) is 0 Å². The highest BCUT2D eigenvalue weighted by atomic mass is 35.5. The molecule has 0 radical (unpaired) electrons. The molecule has 2 aromatic rings. The highest BCUT2D eigenvalue weighted by Crippen LogP contribution is 2.57. The van der Waals surface area contributed by atoms with Crippen LogP contribution in [0.1, 0.15) is 52.5 Å². The summed E-state index contributed by atoms with van der Waals surface area (Å²) >= 11 is 6.33. The molecule has 2 saturated carbocycles. The van der Waals surface area contributed by atoms with Crippen molar-refractivity contribution in [3.8, 4) is 0 Å². The summed E-state index contributed by atoms with van der Waals surface area (Å²) in [7, 11) is 0. The van der Waals surface area contributed by atoms with Crippen molar-refractivity contribution in [1.29, 1.82) is 0 Å². The summed E-state index contributed by atoms with van der Waals surface area (Å²) < 4.78 is 1.68. The molecule has 1 aliphatic heterocycles. The molecular weight excluding hydrogens is 416 g/mol. The molecule has 1 aromatic heterocycles. The van der Waals surface area contributed by atoms with Crippen LogP contribution in [-0.4, -0.2) is 56.8 Å². The maximum absolute atomic E-state index is 13.3. The first-order valence-electron chi connectivity index (χ1n) is 11.0. The second-order valence-corrected chi connectivity index (χ2v) is 9.96. The molecule has 4 aliphatic rings. The van der Waals surface area contributed by atoms with Crippen molar-refractivity contribution in [2.24, 2.45) is 5.92 Å². The molecule has 8 heteroatoms. The summed E-state index contributed by atoms with van der Waals surface area (Å²) in [5.74, 6) is -0.0575. The molecule has 1 unspecified atom stereocenters. The summed E-state index contributed by atoms with van der Waals surface area (Å²) in [5.41, 5.74) is 4.08. The van der Waals surface area contributed by atoms with Crippen LogP contribution in [0, 0.1) is 12.8 Å². The van der Waals surface area contributed by atoms with E-state index in [1.54, 1.807) is 4.68 Å². The van der Waals surface area contributed by atoms with Crippen LogP contribution < -0.4 is 4.90 Å². The summed E-state index contributed by atoms with van der Waals surface area (Å²) in [6.45, 7) is 4.40. The predicted molar refractivity (Wildman–Crippen MR) is 116 cm³/mol. The highest BCUT2D eigenvalue weighted by Gasteiger charge is 2.54. The second-order valence-electron chi connectivity index (χ2n) is 9.55. The van der Waals surface area contributed by atoms with E-state index < -0.39 is 5.97 Å². The van der Waals surface area contributed by atoms with Crippen LogP contribution in [0.15, 0.2) is 18.2 Å². The molecule has 3 aliphatic carbocycles. The first-order chi connectivity index (χ1) is 14.9. The maximum Gasteiger partial charge on any atom is 0.356 e. The van der Waals surface area contributed by atoms with Crippen molar-refractivity contribution in [1.82, 2.24) is 14.7 Å². The molecule has 1 saturated heterocycles. The molecule has 2 heterocycles. The number of carbonyl (C=O) groups is 2. The van der Waals surface area contributed by atoms with Crippen molar-refractivity contribution in [2.75, 3.05) is 24.5 Å². The van der Waals surface area contributed by atoms with E-state index >= 15 is 0 Å². The van der Waals surface area contributed by atoms with Crippen molar-refractivity contribution in [3.63, 3.8) is 0 Å². The minimum Gasteiger partial charge on any atom is -0.476 e. The van der Waals surface area contributed by atoms with Crippen LogP contribution in [0.4, 0.5) is 5.69 Å². The molecule has 0 bridgehead atoms. The summed E-state index contributed by atoms with van der Waals surface area (Å²) in [4.78, 5) is 29.4. The SMILES string of the molecule is Cc1c(Cl)cccc1N1CCN(C(=O)Cn2nc(C(=O)O)c3c2CC2C[C@@H]32)C2(CC2)C1. The number of rotatable bonds is 4. The number of carbonyl (C=O) groups excluding carboxylic acids is 1. The number of hydrogen-bond donors (Lipinski definition) is 1. The van der Waals surface area contributed by atoms with Gasteiger partial charge in [0.05, 0.1) is 5.54 Å². The van der Waals surface area contributed by atoms with E-state index in [1.807, 2.05) is 24.0 Å². The van der Waals surface area contributed by atoms with Gasteiger partial charge in [-0.1, -0.05) is 17.7 Å². The predicted octanol–water partition coefficient (Wildman–Crippen LogP) is 3.08. The van der Waals surface area contributed by atoms with Gasteiger partial charge in [-0.05, 0) is 62.1 Å². The Balaban J connectivity index is 1.22. The molecule has 1 N–H and O–H groups in total. The Hall–Kier alpha value is -2.54. The largest absolute Gasteiger partial charge is 0.476 e. The zero-order chi connectivity index (χ0) is 21.5. The van der Waals surface area contributed by atoms with Gasteiger partial charge in [-0.2, -0.15) is 5.10 Å². The van der Waals surface area contributed by atoms with Gasteiger partial charge in [0.15, 0.2) is 5.69 Å². The van der Waals surface area contributed by atoms with Gasteiger partial charge < -0.3 is 14.9 Å². The van der Waals surface area contributed by atoms with E-state index in [1.165, 1.54) is 0 Å². The van der Waals surface area contributed by atoms with E-state index in [0.717, 1.165) is 66.3 Å². The summed E-state index contributed by atoms with van der Waals surface area (Å²) in [5, 5.41) is 14.7. The lowest BCUT2D eigenvalue weighted by atomic mass is 10.1. The monoisotopic (exact) mass is 440 g/mol. The van der Waals surface area contributed by atoms with Gasteiger partial charge in [0.1, 0.15) is 6.54 Å². The third kappa shape index (κ3) is 2.89. The third-order valence-corrected chi connectivity index (χ3v) is 8.10. The number of hydrogen-bond acceptors (Lipinski definition) is 4. The topological polar surface area (TPSA) is 78.7 Å². The highest BCUT2D eigenvalue weighted by molar-refractivity contribution is 6.31. The smallest absolute Gasteiger partial charge is 0.356 e. The van der Waals surface area contributed by atoms with E-state index in [2.05, 4.69) is 16.1 Å². The van der Waals surface area contributed by atoms with Gasteiger partial charge in [-0.25, -0.2) is 4.79 Å². The van der Waals surface area contributed by atoms with Crippen LogP contribution in [-0.2, 0) is 17.8 Å². The molecule has 162 valence electrons. The minimum atomic E-state index is -0.987. The lowest BCUT2D eigenvalue weighted by Crippen LogP contribution is -2.58. The van der Waals surface area contributed by atoms with E-state index in [9.17, 15) is 14.7 Å². The van der Waals surface area contributed by atoms with Gasteiger partial charge in [0, 0.05) is 41.6 Å². The zero-order valence-corrected chi connectivity index (χ0v) is 18.2. The van der Waals surface area contributed by atoms with Crippen LogP contribution in [0.25, 0.3) is 0 Å². The Kier molecular flexibility index (Phi) is 4.01. The van der Waals surface area contributed by atoms with E-state index in [4.69, 9.17) is 11.6 Å². The number of halogens is 1. The van der Waals surface area contributed by atoms with Crippen LogP contribution in [0.5, 0.6) is 0 Å². The third-order valence-electron chi connectivity index (χ3n) is 7.69. The average Bonchev–Trinajstić information content (AvgIpc) is 3.61.